The molecule has 2 amide bonds. The first kappa shape index (κ1) is 19.4. The molecule has 2 N–H and O–H groups in total. The van der Waals surface area contributed by atoms with Gasteiger partial charge in [0.1, 0.15) is 11.8 Å². The molecule has 1 atom stereocenters. The fourth-order valence-corrected chi connectivity index (χ4v) is 3.02. The normalized spacial score (nSPS) is 16.7. The second kappa shape index (κ2) is 8.56. The average Bonchev–Trinajstić information content (AvgIpc) is 2.93. The summed E-state index contributed by atoms with van der Waals surface area (Å²) < 4.78 is 5.52. The van der Waals surface area contributed by atoms with Crippen LogP contribution in [0.2, 0.25) is 10.0 Å². The molecule has 1 aliphatic rings. The number of carbonyl (C=O) groups excluding carboxylic acids is 2. The maximum absolute atomic E-state index is 12.6. The third kappa shape index (κ3) is 4.50. The minimum atomic E-state index is -0.734. The largest absolute Gasteiger partial charge is 0.494 e. The second-order valence-corrected chi connectivity index (χ2v) is 6.76. The van der Waals surface area contributed by atoms with E-state index in [2.05, 4.69) is 15.8 Å². The molecule has 1 aromatic carbocycles. The van der Waals surface area contributed by atoms with E-state index in [0.29, 0.717) is 33.9 Å². The lowest BCUT2D eigenvalue weighted by molar-refractivity contribution is -0.121. The van der Waals surface area contributed by atoms with Gasteiger partial charge in [0.25, 0.3) is 5.91 Å². The second-order valence-electron chi connectivity index (χ2n) is 5.92. The number of nitrogens with one attached hydrogen (secondary N) is 2. The molecule has 3 rings (SSSR count). The average molecular weight is 409 g/mol. The number of imide groups is 1. The molecule has 7 nitrogen and oxygen atoms in total. The summed E-state index contributed by atoms with van der Waals surface area (Å²) in [6.07, 6.45) is 2.34. The van der Waals surface area contributed by atoms with E-state index in [1.807, 2.05) is 6.92 Å². The summed E-state index contributed by atoms with van der Waals surface area (Å²) in [5.41, 5.74) is 6.07. The van der Waals surface area contributed by atoms with Gasteiger partial charge in [-0.05, 0) is 36.8 Å². The predicted octanol–water partition coefficient (Wildman–Crippen LogP) is 3.43. The van der Waals surface area contributed by atoms with Gasteiger partial charge in [-0.25, -0.2) is 15.3 Å². The van der Waals surface area contributed by atoms with Crippen molar-refractivity contribution in [2.24, 2.45) is 0 Å². The molecule has 1 saturated heterocycles. The van der Waals surface area contributed by atoms with Crippen molar-refractivity contribution in [2.45, 2.75) is 25.8 Å². The van der Waals surface area contributed by atoms with Gasteiger partial charge in [-0.3, -0.25) is 9.59 Å². The lowest BCUT2D eigenvalue weighted by atomic mass is 10.2. The monoisotopic (exact) mass is 408 g/mol. The molecule has 0 aliphatic carbocycles. The van der Waals surface area contributed by atoms with E-state index in [0.717, 1.165) is 11.3 Å². The zero-order chi connectivity index (χ0) is 19.4. The highest BCUT2D eigenvalue weighted by Crippen LogP contribution is 2.26. The molecule has 1 aromatic heterocycles. The Bertz CT molecular complexity index is 845. The van der Waals surface area contributed by atoms with Crippen LogP contribution in [-0.2, 0) is 9.59 Å². The van der Waals surface area contributed by atoms with Crippen LogP contribution >= 0.6 is 23.2 Å². The Kier molecular flexibility index (Phi) is 6.15. The number of pyridine rings is 1. The molecule has 1 fully saturated rings. The zero-order valence-corrected chi connectivity index (χ0v) is 16.0. The highest BCUT2D eigenvalue weighted by atomic mass is 35.5. The first-order valence-corrected chi connectivity index (χ1v) is 9.17. The molecule has 0 radical (unpaired) electrons. The number of aromatic nitrogens is 1. The molecule has 142 valence electrons. The molecule has 9 heteroatoms. The zero-order valence-electron chi connectivity index (χ0n) is 14.5. The van der Waals surface area contributed by atoms with E-state index in [1.54, 1.807) is 24.3 Å². The van der Waals surface area contributed by atoms with E-state index >= 15 is 0 Å². The predicted molar refractivity (Wildman–Crippen MR) is 104 cm³/mol. The van der Waals surface area contributed by atoms with Crippen molar-refractivity contribution in [1.29, 1.82) is 0 Å². The summed E-state index contributed by atoms with van der Waals surface area (Å²) in [5.74, 6) is 0.355. The fourth-order valence-electron chi connectivity index (χ4n) is 2.59. The number of benzene rings is 1. The SMILES string of the molecule is CCCOc1ccc(N2C(=O)C[C@H](NNc3ncc(Cl)cc3Cl)C2=O)cc1. The van der Waals surface area contributed by atoms with Gasteiger partial charge in [0.15, 0.2) is 5.82 Å². The highest BCUT2D eigenvalue weighted by molar-refractivity contribution is 6.36. The number of hydrogen-bond donors (Lipinski definition) is 2. The quantitative estimate of drug-likeness (QED) is 0.539. The van der Waals surface area contributed by atoms with E-state index in [-0.39, 0.29) is 18.2 Å². The van der Waals surface area contributed by atoms with Crippen LogP contribution in [0.5, 0.6) is 5.75 Å². The lowest BCUT2D eigenvalue weighted by Crippen LogP contribution is -2.41. The van der Waals surface area contributed by atoms with E-state index in [4.69, 9.17) is 27.9 Å². The molecule has 0 bridgehead atoms. The van der Waals surface area contributed by atoms with Crippen molar-refractivity contribution in [1.82, 2.24) is 10.4 Å². The van der Waals surface area contributed by atoms with Gasteiger partial charge in [-0.1, -0.05) is 30.1 Å². The first-order valence-electron chi connectivity index (χ1n) is 8.42. The molecular formula is C18H18Cl2N4O3. The summed E-state index contributed by atoms with van der Waals surface area (Å²) in [4.78, 5) is 30.1. The van der Waals surface area contributed by atoms with E-state index in [9.17, 15) is 9.59 Å². The molecule has 0 spiro atoms. The Morgan fingerprint density at radius 3 is 2.67 bits per heavy atom. The fraction of sp³-hybridized carbons (Fsp3) is 0.278. The summed E-state index contributed by atoms with van der Waals surface area (Å²) >= 11 is 11.8. The van der Waals surface area contributed by atoms with Crippen LogP contribution in [-0.4, -0.2) is 29.4 Å². The molecule has 27 heavy (non-hydrogen) atoms. The third-order valence-electron chi connectivity index (χ3n) is 3.89. The van der Waals surface area contributed by atoms with E-state index < -0.39 is 6.04 Å². The smallest absolute Gasteiger partial charge is 0.253 e. The number of ether oxygens (including phenoxy) is 1. The van der Waals surface area contributed by atoms with Gasteiger partial charge >= 0.3 is 0 Å². The Morgan fingerprint density at radius 1 is 1.26 bits per heavy atom. The molecular weight excluding hydrogens is 391 g/mol. The summed E-state index contributed by atoms with van der Waals surface area (Å²) in [7, 11) is 0. The Balaban J connectivity index is 1.65. The minimum Gasteiger partial charge on any atom is -0.494 e. The van der Waals surface area contributed by atoms with Crippen molar-refractivity contribution in [3.05, 3.63) is 46.6 Å². The van der Waals surface area contributed by atoms with Crippen LogP contribution < -0.4 is 20.5 Å². The number of carbonyl (C=O) groups is 2. The van der Waals surface area contributed by atoms with Gasteiger partial charge in [0, 0.05) is 6.20 Å². The summed E-state index contributed by atoms with van der Waals surface area (Å²) in [6, 6.07) is 7.64. The van der Waals surface area contributed by atoms with Gasteiger partial charge in [-0.15, -0.1) is 0 Å². The summed E-state index contributed by atoms with van der Waals surface area (Å²) in [6.45, 7) is 2.63. The molecule has 2 heterocycles. The Hall–Kier alpha value is -2.35. The van der Waals surface area contributed by atoms with Crippen LogP contribution in [0.15, 0.2) is 36.5 Å². The van der Waals surface area contributed by atoms with Crippen molar-refractivity contribution in [3.8, 4) is 5.75 Å². The van der Waals surface area contributed by atoms with E-state index in [1.165, 1.54) is 12.3 Å². The Morgan fingerprint density at radius 2 is 2.00 bits per heavy atom. The molecule has 1 aliphatic heterocycles. The Labute approximate surface area is 166 Å². The number of hydrogen-bond acceptors (Lipinski definition) is 6. The van der Waals surface area contributed by atoms with Crippen molar-refractivity contribution in [2.75, 3.05) is 16.9 Å². The van der Waals surface area contributed by atoms with Gasteiger partial charge in [0.05, 0.1) is 28.8 Å². The number of amides is 2. The lowest BCUT2D eigenvalue weighted by Gasteiger charge is -2.17. The topological polar surface area (TPSA) is 83.6 Å². The van der Waals surface area contributed by atoms with Crippen LogP contribution in [0, 0.1) is 0 Å². The van der Waals surface area contributed by atoms with Crippen LogP contribution in [0.3, 0.4) is 0 Å². The van der Waals surface area contributed by atoms with Gasteiger partial charge in [0.2, 0.25) is 5.91 Å². The first-order chi connectivity index (χ1) is 13.0. The number of halogens is 2. The van der Waals surface area contributed by atoms with Gasteiger partial charge in [-0.2, -0.15) is 0 Å². The highest BCUT2D eigenvalue weighted by Gasteiger charge is 2.39. The minimum absolute atomic E-state index is 0.0190. The molecule has 0 unspecified atom stereocenters. The van der Waals surface area contributed by atoms with Crippen molar-refractivity contribution in [3.63, 3.8) is 0 Å². The number of rotatable bonds is 7. The number of anilines is 2. The van der Waals surface area contributed by atoms with Crippen LogP contribution in [0.4, 0.5) is 11.5 Å². The standard InChI is InChI=1S/C18H18Cl2N4O3/c1-2-7-27-13-5-3-12(4-6-13)24-16(25)9-15(18(24)26)22-23-17-14(20)8-11(19)10-21-17/h3-6,8,10,15,22H,2,7,9H2,1H3,(H,21,23)/t15-/m0/s1. The number of hydrazine groups is 1. The van der Waals surface area contributed by atoms with Gasteiger partial charge < -0.3 is 10.2 Å². The number of nitrogens with zero attached hydrogens (tertiary/aromatic N) is 2. The van der Waals surface area contributed by atoms with Crippen LogP contribution in [0.25, 0.3) is 0 Å². The summed E-state index contributed by atoms with van der Waals surface area (Å²) in [5, 5.41) is 0.696. The maximum atomic E-state index is 12.6. The molecule has 0 saturated carbocycles. The molecule has 2 aromatic rings. The van der Waals surface area contributed by atoms with Crippen molar-refractivity contribution < 1.29 is 14.3 Å². The maximum Gasteiger partial charge on any atom is 0.253 e. The van der Waals surface area contributed by atoms with Crippen LogP contribution in [0.1, 0.15) is 19.8 Å². The van der Waals surface area contributed by atoms with Crippen molar-refractivity contribution >= 4 is 46.5 Å². The third-order valence-corrected chi connectivity index (χ3v) is 4.38.